The predicted octanol–water partition coefficient (Wildman–Crippen LogP) is 3.09. The van der Waals surface area contributed by atoms with Gasteiger partial charge in [-0.3, -0.25) is 4.98 Å². The molecule has 0 radical (unpaired) electrons. The van der Waals surface area contributed by atoms with E-state index in [1.54, 1.807) is 12.4 Å². The Balaban J connectivity index is 2.07. The van der Waals surface area contributed by atoms with Crippen LogP contribution in [0.3, 0.4) is 0 Å². The second kappa shape index (κ2) is 5.80. The smallest absolute Gasteiger partial charge is 0.123 e. The zero-order valence-corrected chi connectivity index (χ0v) is 11.0. The normalized spacial score (nSPS) is 12.4. The first kappa shape index (κ1) is 13.5. The van der Waals surface area contributed by atoms with Crippen molar-refractivity contribution in [2.45, 2.75) is 26.4 Å². The van der Waals surface area contributed by atoms with E-state index in [-0.39, 0.29) is 17.6 Å². The molecule has 2 N–H and O–H groups in total. The van der Waals surface area contributed by atoms with Crippen LogP contribution in [0.5, 0.6) is 5.75 Å². The first-order valence-corrected chi connectivity index (χ1v) is 6.19. The number of aromatic nitrogens is 1. The third-order valence-corrected chi connectivity index (χ3v) is 3.20. The Hall–Kier alpha value is -1.94. The summed E-state index contributed by atoms with van der Waals surface area (Å²) < 4.78 is 13.2. The fourth-order valence-corrected chi connectivity index (χ4v) is 1.93. The fraction of sp³-hybridized carbons (Fsp3) is 0.267. The molecule has 1 aromatic carbocycles. The standard InChI is InChI=1S/C15H17FN2O/c1-10-5-6-17-8-12(10)9-18-11(2)14-7-13(16)3-4-15(14)19/h3-8,11,18-19H,9H2,1-2H3. The molecule has 19 heavy (non-hydrogen) atoms. The number of hydrogen-bond donors (Lipinski definition) is 2. The Kier molecular flexibility index (Phi) is 4.12. The maximum Gasteiger partial charge on any atom is 0.123 e. The number of rotatable bonds is 4. The van der Waals surface area contributed by atoms with E-state index in [4.69, 9.17) is 0 Å². The van der Waals surface area contributed by atoms with Gasteiger partial charge in [0.05, 0.1) is 0 Å². The molecule has 0 fully saturated rings. The zero-order chi connectivity index (χ0) is 13.8. The monoisotopic (exact) mass is 260 g/mol. The van der Waals surface area contributed by atoms with Crippen molar-refractivity contribution < 1.29 is 9.50 Å². The summed E-state index contributed by atoms with van der Waals surface area (Å²) in [7, 11) is 0. The summed E-state index contributed by atoms with van der Waals surface area (Å²) in [6.07, 6.45) is 3.56. The van der Waals surface area contributed by atoms with Gasteiger partial charge in [-0.25, -0.2) is 4.39 Å². The molecule has 0 spiro atoms. The summed E-state index contributed by atoms with van der Waals surface area (Å²) in [5.41, 5.74) is 2.80. The average Bonchev–Trinajstić information content (AvgIpc) is 2.40. The number of aromatic hydroxyl groups is 1. The molecule has 1 aromatic heterocycles. The molecule has 0 saturated carbocycles. The van der Waals surface area contributed by atoms with Crippen LogP contribution in [0.25, 0.3) is 0 Å². The van der Waals surface area contributed by atoms with Gasteiger partial charge >= 0.3 is 0 Å². The minimum atomic E-state index is -0.348. The number of aryl methyl sites for hydroxylation is 1. The van der Waals surface area contributed by atoms with Crippen LogP contribution in [0.4, 0.5) is 4.39 Å². The molecule has 1 unspecified atom stereocenters. The van der Waals surface area contributed by atoms with Crippen molar-refractivity contribution in [3.05, 3.63) is 59.2 Å². The van der Waals surface area contributed by atoms with E-state index < -0.39 is 0 Å². The average molecular weight is 260 g/mol. The van der Waals surface area contributed by atoms with E-state index in [2.05, 4.69) is 10.3 Å². The van der Waals surface area contributed by atoms with Crippen LogP contribution in [-0.4, -0.2) is 10.1 Å². The van der Waals surface area contributed by atoms with Crippen LogP contribution >= 0.6 is 0 Å². The second-order valence-corrected chi connectivity index (χ2v) is 4.61. The van der Waals surface area contributed by atoms with Crippen molar-refractivity contribution in [2.75, 3.05) is 0 Å². The number of phenolic OH excluding ortho intramolecular Hbond substituents is 1. The van der Waals surface area contributed by atoms with E-state index in [0.29, 0.717) is 12.1 Å². The highest BCUT2D eigenvalue weighted by molar-refractivity contribution is 5.35. The van der Waals surface area contributed by atoms with E-state index in [1.165, 1.54) is 18.2 Å². The lowest BCUT2D eigenvalue weighted by Gasteiger charge is -2.16. The molecule has 0 aliphatic carbocycles. The van der Waals surface area contributed by atoms with Gasteiger partial charge in [0.15, 0.2) is 0 Å². The van der Waals surface area contributed by atoms with Gasteiger partial charge in [0.1, 0.15) is 11.6 Å². The molecule has 3 nitrogen and oxygen atoms in total. The topological polar surface area (TPSA) is 45.2 Å². The molecule has 0 aliphatic rings. The van der Waals surface area contributed by atoms with Crippen LogP contribution in [-0.2, 0) is 6.54 Å². The molecule has 1 atom stereocenters. The number of nitrogens with zero attached hydrogens (tertiary/aromatic N) is 1. The van der Waals surface area contributed by atoms with E-state index in [9.17, 15) is 9.50 Å². The molecule has 100 valence electrons. The number of nitrogens with one attached hydrogen (secondary N) is 1. The van der Waals surface area contributed by atoms with Gasteiger partial charge in [0.25, 0.3) is 0 Å². The third kappa shape index (κ3) is 3.29. The minimum Gasteiger partial charge on any atom is -0.508 e. The summed E-state index contributed by atoms with van der Waals surface area (Å²) in [5, 5.41) is 13.0. The lowest BCUT2D eigenvalue weighted by Crippen LogP contribution is -2.19. The molecule has 0 amide bonds. The van der Waals surface area contributed by atoms with Gasteiger partial charge in [-0.15, -0.1) is 0 Å². The van der Waals surface area contributed by atoms with Gasteiger partial charge in [0, 0.05) is 30.5 Å². The summed E-state index contributed by atoms with van der Waals surface area (Å²) in [6.45, 7) is 4.53. The maximum atomic E-state index is 13.2. The Bertz CT molecular complexity index is 572. The molecule has 1 heterocycles. The maximum absolute atomic E-state index is 13.2. The lowest BCUT2D eigenvalue weighted by molar-refractivity contribution is 0.449. The number of hydrogen-bond acceptors (Lipinski definition) is 3. The van der Waals surface area contributed by atoms with Crippen LogP contribution in [0.15, 0.2) is 36.7 Å². The van der Waals surface area contributed by atoms with E-state index >= 15 is 0 Å². The summed E-state index contributed by atoms with van der Waals surface area (Å²) in [5.74, 6) is -0.247. The zero-order valence-electron chi connectivity index (χ0n) is 11.0. The first-order chi connectivity index (χ1) is 9.08. The quantitative estimate of drug-likeness (QED) is 0.888. The van der Waals surface area contributed by atoms with Crippen molar-refractivity contribution in [3.8, 4) is 5.75 Å². The molecule has 0 saturated heterocycles. The molecular weight excluding hydrogens is 243 g/mol. The SMILES string of the molecule is Cc1ccncc1CNC(C)c1cc(F)ccc1O. The molecule has 4 heteroatoms. The van der Waals surface area contributed by atoms with Crippen LogP contribution in [0.1, 0.15) is 29.7 Å². The number of pyridine rings is 1. The Labute approximate surface area is 112 Å². The lowest BCUT2D eigenvalue weighted by atomic mass is 10.1. The van der Waals surface area contributed by atoms with Gasteiger partial charge < -0.3 is 10.4 Å². The van der Waals surface area contributed by atoms with Gasteiger partial charge in [-0.2, -0.15) is 0 Å². The second-order valence-electron chi connectivity index (χ2n) is 4.61. The van der Waals surface area contributed by atoms with Crippen molar-refractivity contribution in [1.82, 2.24) is 10.3 Å². The van der Waals surface area contributed by atoms with Crippen LogP contribution < -0.4 is 5.32 Å². The van der Waals surface area contributed by atoms with Crippen molar-refractivity contribution in [1.29, 1.82) is 0 Å². The largest absolute Gasteiger partial charge is 0.508 e. The Morgan fingerprint density at radius 1 is 1.37 bits per heavy atom. The van der Waals surface area contributed by atoms with Gasteiger partial charge in [-0.05, 0) is 49.2 Å². The predicted molar refractivity (Wildman–Crippen MR) is 72.3 cm³/mol. The highest BCUT2D eigenvalue weighted by Crippen LogP contribution is 2.25. The van der Waals surface area contributed by atoms with Crippen molar-refractivity contribution in [2.24, 2.45) is 0 Å². The summed E-state index contributed by atoms with van der Waals surface area (Å²) in [6, 6.07) is 5.77. The number of phenols is 1. The number of halogens is 1. The highest BCUT2D eigenvalue weighted by atomic mass is 19.1. The van der Waals surface area contributed by atoms with E-state index in [1.807, 2.05) is 19.9 Å². The third-order valence-electron chi connectivity index (χ3n) is 3.20. The minimum absolute atomic E-state index is 0.101. The van der Waals surface area contributed by atoms with Crippen molar-refractivity contribution >= 4 is 0 Å². The molecule has 0 bridgehead atoms. The molecular formula is C15H17FN2O. The van der Waals surface area contributed by atoms with Crippen molar-refractivity contribution in [3.63, 3.8) is 0 Å². The van der Waals surface area contributed by atoms with Crippen LogP contribution in [0, 0.1) is 12.7 Å². The molecule has 2 aromatic rings. The first-order valence-electron chi connectivity index (χ1n) is 6.19. The Morgan fingerprint density at radius 2 is 2.16 bits per heavy atom. The highest BCUT2D eigenvalue weighted by Gasteiger charge is 2.11. The van der Waals surface area contributed by atoms with Gasteiger partial charge in [0.2, 0.25) is 0 Å². The molecule has 2 rings (SSSR count). The Morgan fingerprint density at radius 3 is 2.89 bits per heavy atom. The van der Waals surface area contributed by atoms with E-state index in [0.717, 1.165) is 11.1 Å². The molecule has 0 aliphatic heterocycles. The summed E-state index contributed by atoms with van der Waals surface area (Å²) >= 11 is 0. The number of benzene rings is 1. The van der Waals surface area contributed by atoms with Gasteiger partial charge in [-0.1, -0.05) is 0 Å². The summed E-state index contributed by atoms with van der Waals surface area (Å²) in [4.78, 5) is 4.08. The fourth-order valence-electron chi connectivity index (χ4n) is 1.93. The van der Waals surface area contributed by atoms with Crippen LogP contribution in [0.2, 0.25) is 0 Å².